The normalized spacial score (nSPS) is 26.6. The van der Waals surface area contributed by atoms with Crippen LogP contribution in [0.1, 0.15) is 51.5 Å². The third kappa shape index (κ3) is 4.82. The topological polar surface area (TPSA) is 131 Å². The number of nitrogens with two attached hydrogens (primary N) is 1. The van der Waals surface area contributed by atoms with E-state index in [9.17, 15) is 19.5 Å². The fourth-order valence-electron chi connectivity index (χ4n) is 4.39. The van der Waals surface area contributed by atoms with Crippen LogP contribution < -0.4 is 17.0 Å². The van der Waals surface area contributed by atoms with E-state index in [4.69, 9.17) is 10.5 Å². The summed E-state index contributed by atoms with van der Waals surface area (Å²) in [6, 6.07) is -0.621. The van der Waals surface area contributed by atoms with Gasteiger partial charge >= 0.3 is 5.69 Å². The van der Waals surface area contributed by atoms with Gasteiger partial charge in [0.05, 0.1) is 28.3 Å². The van der Waals surface area contributed by atoms with Crippen LogP contribution in [-0.4, -0.2) is 62.9 Å². The first-order valence-corrected chi connectivity index (χ1v) is 10.8. The first kappa shape index (κ1) is 22.2. The highest BCUT2D eigenvalue weighted by Gasteiger charge is 2.50. The van der Waals surface area contributed by atoms with Crippen LogP contribution in [0.15, 0.2) is 20.3 Å². The second kappa shape index (κ2) is 8.71. The maximum absolute atomic E-state index is 12.3. The summed E-state index contributed by atoms with van der Waals surface area (Å²) < 4.78 is 7.71. The number of likely N-dealkylation sites (tertiary alicyclic amines) is 1. The number of aromatic amines is 1. The maximum atomic E-state index is 12.3. The SMILES string of the molecule is C[C@]1(O)CC2(CCN(C(=O)CCCCN)CC2)OC[C@@H]1n1cc(Br)c(=O)[nH]c1=O. The second-order valence-corrected chi connectivity index (χ2v) is 9.17. The number of aromatic nitrogens is 2. The van der Waals surface area contributed by atoms with E-state index in [2.05, 4.69) is 20.9 Å². The number of nitrogens with one attached hydrogen (secondary N) is 1. The van der Waals surface area contributed by atoms with Crippen LogP contribution in [0.5, 0.6) is 0 Å². The van der Waals surface area contributed by atoms with Crippen LogP contribution in [0.4, 0.5) is 0 Å². The van der Waals surface area contributed by atoms with E-state index in [1.165, 1.54) is 10.8 Å². The van der Waals surface area contributed by atoms with Crippen molar-refractivity contribution < 1.29 is 14.6 Å². The predicted molar refractivity (Wildman–Crippen MR) is 111 cm³/mol. The molecule has 0 aliphatic carbocycles. The Morgan fingerprint density at radius 2 is 2.07 bits per heavy atom. The summed E-state index contributed by atoms with van der Waals surface area (Å²) >= 11 is 3.13. The van der Waals surface area contributed by atoms with Crippen molar-refractivity contribution in [2.24, 2.45) is 5.73 Å². The molecule has 2 aliphatic heterocycles. The first-order valence-electron chi connectivity index (χ1n) is 10.0. The van der Waals surface area contributed by atoms with Gasteiger partial charge in [-0.3, -0.25) is 19.1 Å². The Labute approximate surface area is 177 Å². The van der Waals surface area contributed by atoms with Crippen LogP contribution in [0.3, 0.4) is 0 Å². The molecule has 0 bridgehead atoms. The number of carbonyl (C=O) groups is 1. The van der Waals surface area contributed by atoms with Crippen molar-refractivity contribution in [3.63, 3.8) is 0 Å². The Morgan fingerprint density at radius 3 is 2.69 bits per heavy atom. The van der Waals surface area contributed by atoms with Gasteiger partial charge < -0.3 is 20.5 Å². The summed E-state index contributed by atoms with van der Waals surface area (Å²) in [6.07, 6.45) is 5.18. The summed E-state index contributed by atoms with van der Waals surface area (Å²) in [6.45, 7) is 3.61. The maximum Gasteiger partial charge on any atom is 0.328 e. The molecule has 0 aromatic carbocycles. The van der Waals surface area contributed by atoms with Gasteiger partial charge in [0, 0.05) is 32.1 Å². The van der Waals surface area contributed by atoms with Crippen molar-refractivity contribution in [3.8, 4) is 0 Å². The molecule has 29 heavy (non-hydrogen) atoms. The highest BCUT2D eigenvalue weighted by Crippen LogP contribution is 2.43. The summed E-state index contributed by atoms with van der Waals surface area (Å²) in [7, 11) is 0. The third-order valence-corrected chi connectivity index (χ3v) is 6.64. The molecule has 3 rings (SSSR count). The van der Waals surface area contributed by atoms with E-state index in [0.29, 0.717) is 45.3 Å². The lowest BCUT2D eigenvalue weighted by Crippen LogP contribution is -2.59. The molecule has 0 unspecified atom stereocenters. The Balaban J connectivity index is 1.67. The smallest absolute Gasteiger partial charge is 0.328 e. The molecule has 2 fully saturated rings. The molecule has 0 radical (unpaired) electrons. The minimum absolute atomic E-state index is 0.137. The lowest BCUT2D eigenvalue weighted by molar-refractivity contribution is -0.198. The van der Waals surface area contributed by atoms with Gasteiger partial charge in [-0.05, 0) is 55.1 Å². The molecule has 2 saturated heterocycles. The van der Waals surface area contributed by atoms with Gasteiger partial charge in [0.2, 0.25) is 5.91 Å². The Morgan fingerprint density at radius 1 is 1.38 bits per heavy atom. The molecule has 1 aromatic heterocycles. The van der Waals surface area contributed by atoms with Crippen molar-refractivity contribution in [3.05, 3.63) is 31.5 Å². The van der Waals surface area contributed by atoms with E-state index in [0.717, 1.165) is 12.8 Å². The highest BCUT2D eigenvalue weighted by molar-refractivity contribution is 9.10. The molecule has 162 valence electrons. The number of ether oxygens (including phenoxy) is 1. The minimum Gasteiger partial charge on any atom is -0.388 e. The number of unbranched alkanes of at least 4 members (excludes halogenated alkanes) is 1. The van der Waals surface area contributed by atoms with E-state index in [1.807, 2.05) is 4.90 Å². The molecule has 0 saturated carbocycles. The van der Waals surface area contributed by atoms with Gasteiger partial charge in [-0.15, -0.1) is 0 Å². The van der Waals surface area contributed by atoms with Gasteiger partial charge in [-0.25, -0.2) is 4.79 Å². The average Bonchev–Trinajstić information content (AvgIpc) is 2.65. The second-order valence-electron chi connectivity index (χ2n) is 8.31. The molecule has 10 heteroatoms. The number of rotatable bonds is 5. The number of aliphatic hydroxyl groups is 1. The number of carbonyl (C=O) groups excluding carboxylic acids is 1. The lowest BCUT2D eigenvalue weighted by Gasteiger charge is -2.51. The van der Waals surface area contributed by atoms with Crippen LogP contribution in [0.25, 0.3) is 0 Å². The number of piperidine rings is 1. The largest absolute Gasteiger partial charge is 0.388 e. The summed E-state index contributed by atoms with van der Waals surface area (Å²) in [5, 5.41) is 11.2. The molecule has 1 spiro atoms. The van der Waals surface area contributed by atoms with E-state index in [1.54, 1.807) is 6.92 Å². The molecule has 4 N–H and O–H groups in total. The summed E-state index contributed by atoms with van der Waals surface area (Å²) in [5.74, 6) is 0.137. The zero-order chi connectivity index (χ0) is 21.2. The Bertz CT molecular complexity index is 857. The third-order valence-electron chi connectivity index (χ3n) is 6.08. The summed E-state index contributed by atoms with van der Waals surface area (Å²) in [4.78, 5) is 40.3. The number of amides is 1. The van der Waals surface area contributed by atoms with Crippen LogP contribution in [0.2, 0.25) is 0 Å². The van der Waals surface area contributed by atoms with Crippen molar-refractivity contribution >= 4 is 21.8 Å². The van der Waals surface area contributed by atoms with E-state index >= 15 is 0 Å². The number of hydrogen-bond acceptors (Lipinski definition) is 6. The van der Waals surface area contributed by atoms with Crippen LogP contribution in [0, 0.1) is 0 Å². The zero-order valence-corrected chi connectivity index (χ0v) is 18.2. The van der Waals surface area contributed by atoms with Crippen LogP contribution >= 0.6 is 15.9 Å². The highest BCUT2D eigenvalue weighted by atomic mass is 79.9. The van der Waals surface area contributed by atoms with Gasteiger partial charge in [0.25, 0.3) is 5.56 Å². The molecule has 1 amide bonds. The van der Waals surface area contributed by atoms with Gasteiger partial charge in [-0.1, -0.05) is 0 Å². The van der Waals surface area contributed by atoms with Crippen molar-refractivity contribution in [2.45, 2.75) is 62.7 Å². The number of halogens is 1. The standard InChI is InChI=1S/C19H29BrN4O5/c1-18(28)12-19(5-8-23(9-6-19)15(25)4-2-3-7-21)29-11-14(18)24-10-13(20)16(26)22-17(24)27/h10,14,28H,2-9,11-12,21H2,1H3,(H,22,26,27)/t14-,18-/m0/s1. The fourth-order valence-corrected chi connectivity index (χ4v) is 4.71. The van der Waals surface area contributed by atoms with Gasteiger partial charge in [0.15, 0.2) is 0 Å². The van der Waals surface area contributed by atoms with Crippen molar-refractivity contribution in [1.29, 1.82) is 0 Å². The molecule has 3 heterocycles. The Hall–Kier alpha value is -1.49. The first-order chi connectivity index (χ1) is 13.7. The average molecular weight is 473 g/mol. The monoisotopic (exact) mass is 472 g/mol. The van der Waals surface area contributed by atoms with Crippen molar-refractivity contribution in [1.82, 2.24) is 14.5 Å². The van der Waals surface area contributed by atoms with Gasteiger partial charge in [-0.2, -0.15) is 0 Å². The van der Waals surface area contributed by atoms with Crippen molar-refractivity contribution in [2.75, 3.05) is 26.2 Å². The number of H-pyrrole nitrogens is 1. The molecule has 1 aromatic rings. The number of hydrogen-bond donors (Lipinski definition) is 3. The minimum atomic E-state index is -1.20. The predicted octanol–water partition coefficient (Wildman–Crippen LogP) is 0.502. The molecule has 2 atom stereocenters. The van der Waals surface area contributed by atoms with Gasteiger partial charge in [0.1, 0.15) is 0 Å². The van der Waals surface area contributed by atoms with E-state index < -0.39 is 28.5 Å². The van der Waals surface area contributed by atoms with E-state index in [-0.39, 0.29) is 17.0 Å². The lowest BCUT2D eigenvalue weighted by atomic mass is 9.75. The quantitative estimate of drug-likeness (QED) is 0.534. The fraction of sp³-hybridized carbons (Fsp3) is 0.737. The Kier molecular flexibility index (Phi) is 6.67. The number of nitrogens with zero attached hydrogens (tertiary/aromatic N) is 2. The molecule has 2 aliphatic rings. The summed E-state index contributed by atoms with van der Waals surface area (Å²) in [5.41, 5.74) is 2.67. The zero-order valence-electron chi connectivity index (χ0n) is 16.7. The molecule has 9 nitrogen and oxygen atoms in total. The van der Waals surface area contributed by atoms with Crippen LogP contribution in [-0.2, 0) is 9.53 Å². The molecular formula is C19H29BrN4O5. The molecular weight excluding hydrogens is 444 g/mol.